The predicted octanol–water partition coefficient (Wildman–Crippen LogP) is 0.591. The van der Waals surface area contributed by atoms with Crippen molar-refractivity contribution in [3.05, 3.63) is 30.5 Å². The summed E-state index contributed by atoms with van der Waals surface area (Å²) < 4.78 is 26.8. The third-order valence-corrected chi connectivity index (χ3v) is 2.65. The van der Waals surface area contributed by atoms with Gasteiger partial charge in [0.2, 0.25) is 5.09 Å². The number of hydrogen-bond acceptors (Lipinski definition) is 4. The monoisotopic (exact) mass is 230 g/mol. The lowest BCUT2D eigenvalue weighted by atomic mass is 10.3. The summed E-state index contributed by atoms with van der Waals surface area (Å²) in [6.45, 7) is 5.97. The molecule has 0 radical (unpaired) electrons. The van der Waals surface area contributed by atoms with Crippen molar-refractivity contribution in [2.45, 2.75) is 24.6 Å². The smallest absolute Gasteiger partial charge is 0.271 e. The maximum atomic E-state index is 10.9. The second-order valence-electron chi connectivity index (χ2n) is 3.17. The molecule has 0 aliphatic heterocycles. The molecule has 0 amide bonds. The van der Waals surface area contributed by atoms with Crippen LogP contribution in [0.5, 0.6) is 0 Å². The Morgan fingerprint density at radius 1 is 1.67 bits per heavy atom. The van der Waals surface area contributed by atoms with E-state index in [9.17, 15) is 8.42 Å². The maximum Gasteiger partial charge on any atom is 0.271 e. The van der Waals surface area contributed by atoms with Gasteiger partial charge in [-0.1, -0.05) is 6.08 Å². The summed E-state index contributed by atoms with van der Waals surface area (Å²) in [5.41, 5.74) is 0. The summed E-state index contributed by atoms with van der Waals surface area (Å²) in [4.78, 5) is 0. The molecule has 15 heavy (non-hydrogen) atoms. The van der Waals surface area contributed by atoms with Gasteiger partial charge < -0.3 is 9.73 Å². The van der Waals surface area contributed by atoms with Gasteiger partial charge in [0, 0.05) is 6.04 Å². The third kappa shape index (κ3) is 3.50. The van der Waals surface area contributed by atoms with Gasteiger partial charge in [0.1, 0.15) is 5.76 Å². The maximum absolute atomic E-state index is 10.9. The molecule has 0 aromatic carbocycles. The van der Waals surface area contributed by atoms with Crippen LogP contribution in [0.15, 0.2) is 34.3 Å². The van der Waals surface area contributed by atoms with Gasteiger partial charge >= 0.3 is 0 Å². The largest absolute Gasteiger partial charge is 0.447 e. The first-order valence-electron chi connectivity index (χ1n) is 4.41. The van der Waals surface area contributed by atoms with E-state index in [1.54, 1.807) is 12.1 Å². The van der Waals surface area contributed by atoms with E-state index >= 15 is 0 Å². The summed E-state index contributed by atoms with van der Waals surface area (Å²) in [7, 11) is -3.74. The molecule has 0 bridgehead atoms. The highest BCUT2D eigenvalue weighted by Crippen LogP contribution is 2.11. The fourth-order valence-electron chi connectivity index (χ4n) is 0.951. The number of nitrogens with two attached hydrogens (primary N) is 1. The SMILES string of the molecule is C=CC(C)NCc1ccc(S(N)(=O)=O)o1. The second kappa shape index (κ2) is 4.61. The van der Waals surface area contributed by atoms with Crippen LogP contribution in [0.4, 0.5) is 0 Å². The number of sulfonamides is 1. The van der Waals surface area contributed by atoms with Gasteiger partial charge in [0.05, 0.1) is 6.54 Å². The highest BCUT2D eigenvalue weighted by Gasteiger charge is 2.12. The van der Waals surface area contributed by atoms with Crippen LogP contribution >= 0.6 is 0 Å². The molecule has 0 fully saturated rings. The predicted molar refractivity (Wildman–Crippen MR) is 56.6 cm³/mol. The first-order chi connectivity index (χ1) is 6.93. The van der Waals surface area contributed by atoms with E-state index in [4.69, 9.17) is 9.56 Å². The Balaban J connectivity index is 2.65. The molecule has 1 heterocycles. The van der Waals surface area contributed by atoms with Gasteiger partial charge in [-0.05, 0) is 19.1 Å². The van der Waals surface area contributed by atoms with Gasteiger partial charge in [0.25, 0.3) is 10.0 Å². The Morgan fingerprint density at radius 3 is 2.80 bits per heavy atom. The zero-order valence-corrected chi connectivity index (χ0v) is 9.25. The molecule has 0 aliphatic carbocycles. The number of primary sulfonamides is 1. The molecule has 1 unspecified atom stereocenters. The number of rotatable bonds is 5. The Bertz CT molecular complexity index is 436. The first kappa shape index (κ1) is 12.0. The molecule has 1 aromatic heterocycles. The molecule has 0 saturated carbocycles. The Kier molecular flexibility index (Phi) is 3.67. The van der Waals surface area contributed by atoms with Crippen molar-refractivity contribution >= 4 is 10.0 Å². The number of hydrogen-bond donors (Lipinski definition) is 2. The van der Waals surface area contributed by atoms with Gasteiger partial charge in [-0.25, -0.2) is 13.6 Å². The van der Waals surface area contributed by atoms with Crippen LogP contribution in [0.1, 0.15) is 12.7 Å². The lowest BCUT2D eigenvalue weighted by Gasteiger charge is -2.06. The Labute approximate surface area is 89.0 Å². The average Bonchev–Trinajstić information content (AvgIpc) is 2.61. The molecule has 5 nitrogen and oxygen atoms in total. The quantitative estimate of drug-likeness (QED) is 0.725. The minimum absolute atomic E-state index is 0.132. The van der Waals surface area contributed by atoms with E-state index in [-0.39, 0.29) is 11.1 Å². The van der Waals surface area contributed by atoms with Crippen LogP contribution in [0.25, 0.3) is 0 Å². The van der Waals surface area contributed by atoms with Crippen LogP contribution in [-0.2, 0) is 16.6 Å². The summed E-state index contributed by atoms with van der Waals surface area (Å²) in [5, 5.41) is 7.74. The zero-order chi connectivity index (χ0) is 11.5. The highest BCUT2D eigenvalue weighted by atomic mass is 32.2. The molecule has 6 heteroatoms. The van der Waals surface area contributed by atoms with Crippen LogP contribution < -0.4 is 10.5 Å². The fourth-order valence-corrected chi connectivity index (χ4v) is 1.43. The summed E-state index contributed by atoms with van der Waals surface area (Å²) >= 11 is 0. The van der Waals surface area contributed by atoms with Gasteiger partial charge in [-0.15, -0.1) is 6.58 Å². The molecule has 1 rings (SSSR count). The van der Waals surface area contributed by atoms with Crippen molar-refractivity contribution in [3.8, 4) is 0 Å². The minimum atomic E-state index is -3.74. The Hall–Kier alpha value is -1.11. The molecule has 1 atom stereocenters. The van der Waals surface area contributed by atoms with E-state index in [2.05, 4.69) is 11.9 Å². The van der Waals surface area contributed by atoms with Crippen LogP contribution in [-0.4, -0.2) is 14.5 Å². The lowest BCUT2D eigenvalue weighted by Crippen LogP contribution is -2.22. The highest BCUT2D eigenvalue weighted by molar-refractivity contribution is 7.89. The van der Waals surface area contributed by atoms with Gasteiger partial charge in [-0.3, -0.25) is 0 Å². The van der Waals surface area contributed by atoms with E-state index in [1.165, 1.54) is 6.07 Å². The molecular weight excluding hydrogens is 216 g/mol. The first-order valence-corrected chi connectivity index (χ1v) is 5.95. The lowest BCUT2D eigenvalue weighted by molar-refractivity contribution is 0.399. The molecule has 0 spiro atoms. The fraction of sp³-hybridized carbons (Fsp3) is 0.333. The molecule has 0 saturated heterocycles. The minimum Gasteiger partial charge on any atom is -0.447 e. The number of furan rings is 1. The van der Waals surface area contributed by atoms with Crippen molar-refractivity contribution in [2.75, 3.05) is 0 Å². The standard InChI is InChI=1S/C9H14N2O3S/c1-3-7(2)11-6-8-4-5-9(14-8)15(10,12)13/h3-5,7,11H,1,6H2,2H3,(H2,10,12,13). The third-order valence-electron chi connectivity index (χ3n) is 1.87. The van der Waals surface area contributed by atoms with Crippen LogP contribution in [0.3, 0.4) is 0 Å². The van der Waals surface area contributed by atoms with Crippen molar-refractivity contribution < 1.29 is 12.8 Å². The van der Waals surface area contributed by atoms with E-state index < -0.39 is 10.0 Å². The summed E-state index contributed by atoms with van der Waals surface area (Å²) in [5.74, 6) is 0.521. The molecule has 1 aromatic rings. The summed E-state index contributed by atoms with van der Waals surface area (Å²) in [6, 6.07) is 3.04. The average molecular weight is 230 g/mol. The van der Waals surface area contributed by atoms with Crippen molar-refractivity contribution in [1.82, 2.24) is 5.32 Å². The second-order valence-corrected chi connectivity index (χ2v) is 4.66. The van der Waals surface area contributed by atoms with Crippen molar-refractivity contribution in [1.29, 1.82) is 0 Å². The topological polar surface area (TPSA) is 85.3 Å². The zero-order valence-electron chi connectivity index (χ0n) is 8.43. The van der Waals surface area contributed by atoms with Gasteiger partial charge in [-0.2, -0.15) is 0 Å². The van der Waals surface area contributed by atoms with E-state index in [0.29, 0.717) is 12.3 Å². The Morgan fingerprint density at radius 2 is 2.33 bits per heavy atom. The van der Waals surface area contributed by atoms with Gasteiger partial charge in [0.15, 0.2) is 0 Å². The molecule has 3 N–H and O–H groups in total. The van der Waals surface area contributed by atoms with Crippen LogP contribution in [0, 0.1) is 0 Å². The van der Waals surface area contributed by atoms with E-state index in [1.807, 2.05) is 6.92 Å². The number of nitrogens with one attached hydrogen (secondary N) is 1. The van der Waals surface area contributed by atoms with E-state index in [0.717, 1.165) is 0 Å². The molecule has 0 aliphatic rings. The summed E-state index contributed by atoms with van der Waals surface area (Å²) in [6.07, 6.45) is 1.74. The molecule has 84 valence electrons. The van der Waals surface area contributed by atoms with Crippen molar-refractivity contribution in [2.24, 2.45) is 5.14 Å². The normalized spacial score (nSPS) is 13.7. The van der Waals surface area contributed by atoms with Crippen molar-refractivity contribution in [3.63, 3.8) is 0 Å². The van der Waals surface area contributed by atoms with Crippen LogP contribution in [0.2, 0.25) is 0 Å². The molecular formula is C9H14N2O3S.